The summed E-state index contributed by atoms with van der Waals surface area (Å²) in [5, 5.41) is 8.65. The molecular weight excluding hydrogens is 190 g/mol. The molecule has 2 heterocycles. The highest BCUT2D eigenvalue weighted by molar-refractivity contribution is 5.42. The fourth-order valence-electron chi connectivity index (χ4n) is 1.77. The fourth-order valence-corrected chi connectivity index (χ4v) is 1.77. The zero-order valence-corrected chi connectivity index (χ0v) is 8.68. The molecule has 1 fully saturated rings. The van der Waals surface area contributed by atoms with Crippen LogP contribution in [-0.2, 0) is 4.74 Å². The molecule has 1 aliphatic heterocycles. The fraction of sp³-hybridized carbons (Fsp3) is 0.455. The third kappa shape index (κ3) is 2.08. The highest BCUT2D eigenvalue weighted by Crippen LogP contribution is 2.19. The van der Waals surface area contributed by atoms with Crippen LogP contribution in [0.25, 0.3) is 0 Å². The highest BCUT2D eigenvalue weighted by atomic mass is 16.5. The minimum Gasteiger partial charge on any atom is -0.380 e. The van der Waals surface area contributed by atoms with Gasteiger partial charge in [0.25, 0.3) is 0 Å². The maximum absolute atomic E-state index is 8.65. The van der Waals surface area contributed by atoms with Crippen molar-refractivity contribution in [2.75, 3.05) is 25.1 Å². The second kappa shape index (κ2) is 4.28. The topological polar surface area (TPSA) is 49.1 Å². The molecule has 1 atom stereocenters. The van der Waals surface area contributed by atoms with Gasteiger partial charge in [-0.3, -0.25) is 0 Å². The summed E-state index contributed by atoms with van der Waals surface area (Å²) in [6, 6.07) is 5.74. The molecule has 15 heavy (non-hydrogen) atoms. The van der Waals surface area contributed by atoms with Gasteiger partial charge in [0, 0.05) is 26.4 Å². The number of aromatic nitrogens is 1. The monoisotopic (exact) mass is 203 g/mol. The summed E-state index contributed by atoms with van der Waals surface area (Å²) in [6.45, 7) is 1.85. The van der Waals surface area contributed by atoms with Gasteiger partial charge in [0.1, 0.15) is 11.9 Å². The second-order valence-electron chi connectivity index (χ2n) is 3.61. The number of rotatable bonds is 2. The van der Waals surface area contributed by atoms with Gasteiger partial charge in [0.2, 0.25) is 0 Å². The van der Waals surface area contributed by atoms with Gasteiger partial charge in [-0.1, -0.05) is 0 Å². The summed E-state index contributed by atoms with van der Waals surface area (Å²) in [6.07, 6.45) is 2.95. The van der Waals surface area contributed by atoms with Crippen molar-refractivity contribution in [2.45, 2.75) is 12.5 Å². The number of hydrogen-bond acceptors (Lipinski definition) is 4. The molecule has 0 spiro atoms. The Kier molecular flexibility index (Phi) is 2.84. The molecule has 4 nitrogen and oxygen atoms in total. The minimum atomic E-state index is 0.308. The quantitative estimate of drug-likeness (QED) is 0.724. The molecule has 1 unspecified atom stereocenters. The maximum atomic E-state index is 8.65. The highest BCUT2D eigenvalue weighted by Gasteiger charge is 2.22. The van der Waals surface area contributed by atoms with Crippen LogP contribution in [0.3, 0.4) is 0 Å². The van der Waals surface area contributed by atoms with Gasteiger partial charge in [0.15, 0.2) is 0 Å². The van der Waals surface area contributed by atoms with E-state index < -0.39 is 0 Å². The first-order valence-corrected chi connectivity index (χ1v) is 4.97. The van der Waals surface area contributed by atoms with Crippen molar-refractivity contribution in [1.82, 2.24) is 4.98 Å². The molecular formula is C11H13N3O. The first-order chi connectivity index (χ1) is 7.33. The van der Waals surface area contributed by atoms with Gasteiger partial charge >= 0.3 is 0 Å². The molecule has 0 saturated carbocycles. The molecule has 2 rings (SSSR count). The van der Waals surface area contributed by atoms with E-state index in [-0.39, 0.29) is 0 Å². The van der Waals surface area contributed by atoms with Crippen molar-refractivity contribution in [1.29, 1.82) is 5.26 Å². The van der Waals surface area contributed by atoms with Crippen molar-refractivity contribution >= 4 is 5.82 Å². The number of methoxy groups -OCH3 is 1. The lowest BCUT2D eigenvalue weighted by Crippen LogP contribution is -2.22. The van der Waals surface area contributed by atoms with Crippen molar-refractivity contribution in [3.63, 3.8) is 0 Å². The van der Waals surface area contributed by atoms with Crippen LogP contribution in [0.4, 0.5) is 5.82 Å². The van der Waals surface area contributed by atoms with Crippen LogP contribution < -0.4 is 4.90 Å². The number of ether oxygens (including phenoxy) is 1. The van der Waals surface area contributed by atoms with Gasteiger partial charge in [-0.2, -0.15) is 5.26 Å². The van der Waals surface area contributed by atoms with E-state index >= 15 is 0 Å². The number of nitrogens with zero attached hydrogens (tertiary/aromatic N) is 3. The van der Waals surface area contributed by atoms with E-state index in [1.165, 1.54) is 0 Å². The zero-order valence-electron chi connectivity index (χ0n) is 8.68. The summed E-state index contributed by atoms with van der Waals surface area (Å²) in [5.74, 6) is 0.925. The third-order valence-corrected chi connectivity index (χ3v) is 2.68. The number of pyridine rings is 1. The van der Waals surface area contributed by atoms with E-state index in [1.807, 2.05) is 6.07 Å². The van der Waals surface area contributed by atoms with Crippen molar-refractivity contribution in [2.24, 2.45) is 0 Å². The smallest absolute Gasteiger partial charge is 0.128 e. The van der Waals surface area contributed by atoms with Crippen LogP contribution in [0.1, 0.15) is 12.0 Å². The molecule has 0 amide bonds. The summed E-state index contributed by atoms with van der Waals surface area (Å²) < 4.78 is 5.29. The largest absolute Gasteiger partial charge is 0.380 e. The molecule has 0 bridgehead atoms. The molecule has 4 heteroatoms. The molecule has 1 aromatic heterocycles. The van der Waals surface area contributed by atoms with Crippen molar-refractivity contribution in [3.8, 4) is 6.07 Å². The van der Waals surface area contributed by atoms with Crippen LogP contribution in [-0.4, -0.2) is 31.3 Å². The second-order valence-corrected chi connectivity index (χ2v) is 3.61. The summed E-state index contributed by atoms with van der Waals surface area (Å²) >= 11 is 0. The Balaban J connectivity index is 2.08. The zero-order chi connectivity index (χ0) is 10.7. The third-order valence-electron chi connectivity index (χ3n) is 2.68. The first-order valence-electron chi connectivity index (χ1n) is 4.97. The van der Waals surface area contributed by atoms with Gasteiger partial charge in [0.05, 0.1) is 11.7 Å². The Morgan fingerprint density at radius 2 is 2.47 bits per heavy atom. The molecule has 0 N–H and O–H groups in total. The molecule has 1 saturated heterocycles. The average molecular weight is 203 g/mol. The van der Waals surface area contributed by atoms with Crippen LogP contribution in [0.15, 0.2) is 18.3 Å². The maximum Gasteiger partial charge on any atom is 0.128 e. The predicted molar refractivity (Wildman–Crippen MR) is 56.6 cm³/mol. The number of nitriles is 1. The Hall–Kier alpha value is -1.60. The summed E-state index contributed by atoms with van der Waals surface area (Å²) in [5.41, 5.74) is 0.598. The van der Waals surface area contributed by atoms with Gasteiger partial charge in [-0.05, 0) is 18.6 Å². The lowest BCUT2D eigenvalue weighted by atomic mass is 10.3. The van der Waals surface area contributed by atoms with E-state index in [2.05, 4.69) is 16.0 Å². The molecule has 1 aromatic rings. The molecule has 0 aliphatic carbocycles. The Bertz CT molecular complexity index is 368. The Labute approximate surface area is 89.1 Å². The number of hydrogen-bond donors (Lipinski definition) is 0. The van der Waals surface area contributed by atoms with Gasteiger partial charge in [-0.25, -0.2) is 4.98 Å². The normalized spacial score (nSPS) is 20.3. The van der Waals surface area contributed by atoms with Gasteiger partial charge in [-0.15, -0.1) is 0 Å². The molecule has 78 valence electrons. The van der Waals surface area contributed by atoms with Crippen LogP contribution in [0.5, 0.6) is 0 Å². The molecule has 0 aromatic carbocycles. The Morgan fingerprint density at radius 3 is 3.00 bits per heavy atom. The van der Waals surface area contributed by atoms with E-state index in [4.69, 9.17) is 10.00 Å². The predicted octanol–water partition coefficient (Wildman–Crippen LogP) is 1.18. The summed E-state index contributed by atoms with van der Waals surface area (Å²) in [4.78, 5) is 6.42. The van der Waals surface area contributed by atoms with Crippen molar-refractivity contribution in [3.05, 3.63) is 23.9 Å². The van der Waals surface area contributed by atoms with Crippen LogP contribution in [0.2, 0.25) is 0 Å². The standard InChI is InChI=1S/C11H13N3O/c1-15-10-4-5-14(8-10)11-3-2-9(6-12)7-13-11/h2-3,7,10H,4-5,8H2,1H3. The minimum absolute atomic E-state index is 0.308. The van der Waals surface area contributed by atoms with E-state index in [1.54, 1.807) is 19.4 Å². The van der Waals surface area contributed by atoms with Crippen molar-refractivity contribution < 1.29 is 4.74 Å². The first kappa shape index (κ1) is 9.94. The lowest BCUT2D eigenvalue weighted by Gasteiger charge is -2.16. The van der Waals surface area contributed by atoms with Crippen LogP contribution in [0, 0.1) is 11.3 Å². The Morgan fingerprint density at radius 1 is 1.60 bits per heavy atom. The molecule has 1 aliphatic rings. The molecule has 0 radical (unpaired) electrons. The van der Waals surface area contributed by atoms with E-state index in [0.29, 0.717) is 11.7 Å². The van der Waals surface area contributed by atoms with E-state index in [9.17, 15) is 0 Å². The average Bonchev–Trinajstić information content (AvgIpc) is 2.78. The SMILES string of the molecule is COC1CCN(c2ccc(C#N)cn2)C1. The number of anilines is 1. The summed E-state index contributed by atoms with van der Waals surface area (Å²) in [7, 11) is 1.74. The van der Waals surface area contributed by atoms with E-state index in [0.717, 1.165) is 25.3 Å². The van der Waals surface area contributed by atoms with Crippen LogP contribution >= 0.6 is 0 Å². The van der Waals surface area contributed by atoms with Gasteiger partial charge < -0.3 is 9.64 Å². The lowest BCUT2D eigenvalue weighted by molar-refractivity contribution is 0.121.